The van der Waals surface area contributed by atoms with Crippen molar-refractivity contribution in [3.8, 4) is 0 Å². The number of nitrogens with zero attached hydrogens (tertiary/aromatic N) is 2. The van der Waals surface area contributed by atoms with E-state index in [1.54, 1.807) is 18.2 Å². The van der Waals surface area contributed by atoms with Crippen LogP contribution in [0.15, 0.2) is 18.2 Å². The lowest BCUT2D eigenvalue weighted by atomic mass is 10.0. The third-order valence-electron chi connectivity index (χ3n) is 5.84. The number of carboxylic acids is 1. The molecule has 2 atom stereocenters. The normalized spacial score (nSPS) is 24.1. The molecule has 9 nitrogen and oxygen atoms in total. The zero-order valence-electron chi connectivity index (χ0n) is 15.7. The standard InChI is InChI=1S/C20H21N3O6/c24-16-5-4-15(18(27)21-16)23-19(28)13-3-2-12(9-14(13)20(23)29)22-8-7-11(10-22)1-6-17(25)26/h2-3,9,11,15H,1,4-8,10H2,(H,25,26)(H,21,24,27)/t11-,15?/m1/s1. The second kappa shape index (κ2) is 7.31. The van der Waals surface area contributed by atoms with Crippen LogP contribution in [-0.2, 0) is 14.4 Å². The van der Waals surface area contributed by atoms with Crippen LogP contribution in [0.1, 0.15) is 52.8 Å². The van der Waals surface area contributed by atoms with Gasteiger partial charge in [-0.05, 0) is 43.4 Å². The molecule has 0 spiro atoms. The molecule has 2 saturated heterocycles. The molecule has 3 aliphatic heterocycles. The molecule has 3 heterocycles. The van der Waals surface area contributed by atoms with Gasteiger partial charge in [0.25, 0.3) is 11.8 Å². The first-order valence-corrected chi connectivity index (χ1v) is 9.67. The van der Waals surface area contributed by atoms with Gasteiger partial charge in [-0.15, -0.1) is 0 Å². The van der Waals surface area contributed by atoms with E-state index in [2.05, 4.69) is 10.2 Å². The number of amides is 4. The lowest BCUT2D eigenvalue weighted by molar-refractivity contribution is -0.138. The zero-order valence-corrected chi connectivity index (χ0v) is 15.7. The number of carboxylic acid groups (broad SMARTS) is 1. The SMILES string of the molecule is O=C(O)CC[C@@H]1CCN(c2ccc3c(c2)C(=O)N(C2CCC(=O)NC2=O)C3=O)C1. The van der Waals surface area contributed by atoms with E-state index in [0.717, 1.165) is 23.6 Å². The minimum absolute atomic E-state index is 0.0839. The molecular formula is C20H21N3O6. The second-order valence-electron chi connectivity index (χ2n) is 7.71. The third-order valence-corrected chi connectivity index (χ3v) is 5.84. The number of anilines is 1. The van der Waals surface area contributed by atoms with Gasteiger partial charge in [-0.3, -0.25) is 34.2 Å². The van der Waals surface area contributed by atoms with Gasteiger partial charge in [0.05, 0.1) is 11.1 Å². The Hall–Kier alpha value is -3.23. The maximum absolute atomic E-state index is 12.9. The first kappa shape index (κ1) is 19.1. The highest BCUT2D eigenvalue weighted by Crippen LogP contribution is 2.33. The summed E-state index contributed by atoms with van der Waals surface area (Å²) in [5, 5.41) is 11.0. The van der Waals surface area contributed by atoms with Crippen molar-refractivity contribution >= 4 is 35.3 Å². The second-order valence-corrected chi connectivity index (χ2v) is 7.71. The van der Waals surface area contributed by atoms with E-state index in [1.165, 1.54) is 0 Å². The summed E-state index contributed by atoms with van der Waals surface area (Å²) >= 11 is 0. The van der Waals surface area contributed by atoms with Gasteiger partial charge >= 0.3 is 5.97 Å². The van der Waals surface area contributed by atoms with Crippen molar-refractivity contribution < 1.29 is 29.1 Å². The van der Waals surface area contributed by atoms with E-state index < -0.39 is 35.6 Å². The summed E-state index contributed by atoms with van der Waals surface area (Å²) in [5.74, 6) is -2.61. The molecule has 1 unspecified atom stereocenters. The van der Waals surface area contributed by atoms with Crippen LogP contribution in [0.3, 0.4) is 0 Å². The van der Waals surface area contributed by atoms with Crippen molar-refractivity contribution in [3.05, 3.63) is 29.3 Å². The maximum Gasteiger partial charge on any atom is 0.303 e. The minimum Gasteiger partial charge on any atom is -0.481 e. The van der Waals surface area contributed by atoms with Crippen molar-refractivity contribution in [2.45, 2.75) is 38.1 Å². The van der Waals surface area contributed by atoms with Crippen LogP contribution in [0.5, 0.6) is 0 Å². The van der Waals surface area contributed by atoms with Crippen molar-refractivity contribution in [3.63, 3.8) is 0 Å². The van der Waals surface area contributed by atoms with Crippen molar-refractivity contribution in [2.75, 3.05) is 18.0 Å². The van der Waals surface area contributed by atoms with Crippen LogP contribution >= 0.6 is 0 Å². The number of nitrogens with one attached hydrogen (secondary N) is 1. The number of rotatable bonds is 5. The Morgan fingerprint density at radius 1 is 1.10 bits per heavy atom. The molecule has 152 valence electrons. The van der Waals surface area contributed by atoms with Gasteiger partial charge in [0.1, 0.15) is 6.04 Å². The predicted molar refractivity (Wildman–Crippen MR) is 100 cm³/mol. The Morgan fingerprint density at radius 3 is 2.59 bits per heavy atom. The fourth-order valence-corrected chi connectivity index (χ4v) is 4.29. The van der Waals surface area contributed by atoms with Crippen LogP contribution in [0.4, 0.5) is 5.69 Å². The Morgan fingerprint density at radius 2 is 1.86 bits per heavy atom. The van der Waals surface area contributed by atoms with Crippen LogP contribution in [0, 0.1) is 5.92 Å². The van der Waals surface area contributed by atoms with Crippen LogP contribution in [-0.4, -0.2) is 58.7 Å². The molecule has 2 N–H and O–H groups in total. The summed E-state index contributed by atoms with van der Waals surface area (Å²) in [6.45, 7) is 1.45. The van der Waals surface area contributed by atoms with E-state index >= 15 is 0 Å². The molecule has 2 fully saturated rings. The smallest absolute Gasteiger partial charge is 0.303 e. The molecule has 3 aliphatic rings. The number of benzene rings is 1. The average molecular weight is 399 g/mol. The fraction of sp³-hybridized carbons (Fsp3) is 0.450. The van der Waals surface area contributed by atoms with Crippen molar-refractivity contribution in [2.24, 2.45) is 5.92 Å². The molecule has 0 radical (unpaired) electrons. The quantitative estimate of drug-likeness (QED) is 0.701. The summed E-state index contributed by atoms with van der Waals surface area (Å²) in [7, 11) is 0. The first-order valence-electron chi connectivity index (χ1n) is 9.67. The highest BCUT2D eigenvalue weighted by molar-refractivity contribution is 6.23. The lowest BCUT2D eigenvalue weighted by Crippen LogP contribution is -2.54. The number of fused-ring (bicyclic) bond motifs is 1. The van der Waals surface area contributed by atoms with Crippen LogP contribution in [0.25, 0.3) is 0 Å². The minimum atomic E-state index is -0.976. The maximum atomic E-state index is 12.9. The molecule has 1 aromatic rings. The number of aliphatic carboxylic acids is 1. The van der Waals surface area contributed by atoms with Crippen LogP contribution in [0.2, 0.25) is 0 Å². The molecule has 0 bridgehead atoms. The zero-order chi connectivity index (χ0) is 20.7. The lowest BCUT2D eigenvalue weighted by Gasteiger charge is -2.27. The number of carbonyl (C=O) groups excluding carboxylic acids is 4. The molecular weight excluding hydrogens is 378 g/mol. The first-order chi connectivity index (χ1) is 13.8. The third kappa shape index (κ3) is 3.48. The molecule has 1 aromatic carbocycles. The van der Waals surface area contributed by atoms with E-state index in [-0.39, 0.29) is 36.3 Å². The fourth-order valence-electron chi connectivity index (χ4n) is 4.29. The largest absolute Gasteiger partial charge is 0.481 e. The molecule has 0 aliphatic carbocycles. The number of hydrogen-bond donors (Lipinski definition) is 2. The van der Waals surface area contributed by atoms with Crippen LogP contribution < -0.4 is 10.2 Å². The van der Waals surface area contributed by atoms with Gasteiger partial charge in [-0.2, -0.15) is 0 Å². The highest BCUT2D eigenvalue weighted by Gasteiger charge is 2.44. The summed E-state index contributed by atoms with van der Waals surface area (Å²) in [4.78, 5) is 62.9. The molecule has 4 rings (SSSR count). The molecule has 4 amide bonds. The van der Waals surface area contributed by atoms with Gasteiger partial charge in [-0.1, -0.05) is 0 Å². The van der Waals surface area contributed by atoms with Gasteiger partial charge in [0.15, 0.2) is 0 Å². The number of imide groups is 2. The van der Waals surface area contributed by atoms with Crippen molar-refractivity contribution in [1.29, 1.82) is 0 Å². The Kier molecular flexibility index (Phi) is 4.81. The average Bonchev–Trinajstić information content (AvgIpc) is 3.25. The summed E-state index contributed by atoms with van der Waals surface area (Å²) in [5.41, 5.74) is 1.31. The molecule has 0 aromatic heterocycles. The summed E-state index contributed by atoms with van der Waals surface area (Å²) in [6, 6.07) is 4.07. The molecule has 29 heavy (non-hydrogen) atoms. The summed E-state index contributed by atoms with van der Waals surface area (Å²) in [6.07, 6.45) is 1.83. The number of carbonyl (C=O) groups is 5. The monoisotopic (exact) mass is 399 g/mol. The van der Waals surface area contributed by atoms with E-state index in [9.17, 15) is 24.0 Å². The van der Waals surface area contributed by atoms with Gasteiger partial charge in [0, 0.05) is 31.6 Å². The Bertz CT molecular complexity index is 927. The highest BCUT2D eigenvalue weighted by atomic mass is 16.4. The Balaban J connectivity index is 1.51. The van der Waals surface area contributed by atoms with Gasteiger partial charge in [0.2, 0.25) is 11.8 Å². The van der Waals surface area contributed by atoms with Gasteiger partial charge < -0.3 is 10.0 Å². The van der Waals surface area contributed by atoms with E-state index in [1.807, 2.05) is 0 Å². The number of hydrogen-bond acceptors (Lipinski definition) is 6. The molecule has 0 saturated carbocycles. The predicted octanol–water partition coefficient (Wildman–Crippen LogP) is 0.779. The Labute approximate surface area is 166 Å². The summed E-state index contributed by atoms with van der Waals surface area (Å²) < 4.78 is 0. The van der Waals surface area contributed by atoms with E-state index in [0.29, 0.717) is 13.0 Å². The van der Waals surface area contributed by atoms with Crippen molar-refractivity contribution in [1.82, 2.24) is 10.2 Å². The van der Waals surface area contributed by atoms with E-state index in [4.69, 9.17) is 5.11 Å². The topological polar surface area (TPSA) is 124 Å². The van der Waals surface area contributed by atoms with Gasteiger partial charge in [-0.25, -0.2) is 0 Å². The number of piperidine rings is 1. The molecule has 9 heteroatoms.